The molecule has 7 nitrogen and oxygen atoms in total. The third kappa shape index (κ3) is 3.31. The van der Waals surface area contributed by atoms with Gasteiger partial charge in [-0.25, -0.2) is 9.59 Å². The van der Waals surface area contributed by atoms with Gasteiger partial charge in [0.25, 0.3) is 0 Å². The molecule has 0 spiro atoms. The van der Waals surface area contributed by atoms with Crippen molar-refractivity contribution in [2.45, 2.75) is 63.8 Å². The summed E-state index contributed by atoms with van der Waals surface area (Å²) in [4.78, 5) is 37.1. The Morgan fingerprint density at radius 3 is 2.20 bits per heavy atom. The molecular weight excluding hydrogens is 328 g/mol. The monoisotopic (exact) mass is 354 g/mol. The van der Waals surface area contributed by atoms with Crippen LogP contribution in [0.4, 0.5) is 0 Å². The first-order chi connectivity index (χ1) is 11.9. The lowest BCUT2D eigenvalue weighted by Gasteiger charge is -2.55. The largest absolute Gasteiger partial charge is 0.464 e. The van der Waals surface area contributed by atoms with E-state index in [2.05, 4.69) is 0 Å². The van der Waals surface area contributed by atoms with Gasteiger partial charge in [-0.15, -0.1) is 0 Å². The average Bonchev–Trinajstić information content (AvgIpc) is 2.56. The molecule has 0 aromatic rings. The lowest BCUT2D eigenvalue weighted by Crippen LogP contribution is -2.62. The Bertz CT molecular complexity index is 544. The zero-order valence-corrected chi connectivity index (χ0v) is 14.7. The van der Waals surface area contributed by atoms with Crippen molar-refractivity contribution in [1.29, 1.82) is 0 Å². The lowest BCUT2D eigenvalue weighted by molar-refractivity contribution is -0.216. The Morgan fingerprint density at radius 1 is 1.08 bits per heavy atom. The van der Waals surface area contributed by atoms with Crippen molar-refractivity contribution >= 4 is 17.7 Å². The third-order valence-corrected chi connectivity index (χ3v) is 5.65. The Kier molecular flexibility index (Phi) is 5.16. The first-order valence-electron chi connectivity index (χ1n) is 9.13. The summed E-state index contributed by atoms with van der Waals surface area (Å²) in [6.07, 6.45) is 0.586. The molecule has 0 aromatic heterocycles. The highest BCUT2D eigenvalue weighted by Gasteiger charge is 2.59. The average molecular weight is 354 g/mol. The second kappa shape index (κ2) is 7.03. The van der Waals surface area contributed by atoms with Crippen molar-refractivity contribution in [2.75, 3.05) is 13.2 Å². The minimum atomic E-state index is -1.81. The molecule has 4 aliphatic carbocycles. The minimum Gasteiger partial charge on any atom is -0.464 e. The van der Waals surface area contributed by atoms with E-state index in [0.29, 0.717) is 24.7 Å². The van der Waals surface area contributed by atoms with Gasteiger partial charge in [-0.2, -0.15) is 0 Å². The predicted molar refractivity (Wildman–Crippen MR) is 85.4 cm³/mol. The first kappa shape index (κ1) is 18.3. The van der Waals surface area contributed by atoms with Gasteiger partial charge in [0.1, 0.15) is 5.60 Å². The number of aliphatic hydroxyl groups is 1. The quantitative estimate of drug-likeness (QED) is 0.681. The molecule has 4 rings (SSSR count). The number of Topliss-reactive ketones (excluding diaryl/α,β-unsaturated/α-hetero) is 1. The van der Waals surface area contributed by atoms with E-state index in [1.165, 1.54) is 0 Å². The van der Waals surface area contributed by atoms with E-state index in [1.807, 2.05) is 0 Å². The van der Waals surface area contributed by atoms with Crippen molar-refractivity contribution in [3.8, 4) is 0 Å². The van der Waals surface area contributed by atoms with Crippen molar-refractivity contribution in [3.63, 3.8) is 0 Å². The standard InChI is InChI=1S/C18H26O7/c1-3-23-16(21)13(19)14(17(22)24-4-2)25-18-8-10-5-11(9-18)7-12(6-10)15(18)20/h10-14,19H,3-9H2,1-2H3/t10?,11?,12?,13-,14-,18?/m1/s1. The summed E-state index contributed by atoms with van der Waals surface area (Å²) in [7, 11) is 0. The van der Waals surface area contributed by atoms with E-state index < -0.39 is 29.7 Å². The number of aliphatic hydroxyl groups excluding tert-OH is 1. The van der Waals surface area contributed by atoms with Gasteiger partial charge in [-0.1, -0.05) is 0 Å². The number of carbonyl (C=O) groups is 3. The van der Waals surface area contributed by atoms with Crippen LogP contribution in [0.1, 0.15) is 46.0 Å². The van der Waals surface area contributed by atoms with Gasteiger partial charge in [-0.05, 0) is 57.8 Å². The Hall–Kier alpha value is -1.47. The summed E-state index contributed by atoms with van der Waals surface area (Å²) in [5, 5.41) is 10.3. The number of ketones is 1. The van der Waals surface area contributed by atoms with E-state index >= 15 is 0 Å². The predicted octanol–water partition coefficient (Wildman–Crippen LogP) is 1.01. The maximum absolute atomic E-state index is 12.9. The molecule has 4 fully saturated rings. The fraction of sp³-hybridized carbons (Fsp3) is 0.833. The molecule has 0 amide bonds. The maximum Gasteiger partial charge on any atom is 0.338 e. The molecule has 0 heterocycles. The van der Waals surface area contributed by atoms with Crippen LogP contribution in [0.5, 0.6) is 0 Å². The third-order valence-electron chi connectivity index (χ3n) is 5.65. The number of esters is 2. The van der Waals surface area contributed by atoms with Gasteiger partial charge in [0, 0.05) is 5.92 Å². The highest BCUT2D eigenvalue weighted by atomic mass is 16.6. The van der Waals surface area contributed by atoms with E-state index in [0.717, 1.165) is 19.3 Å². The molecule has 4 bridgehead atoms. The molecule has 4 aliphatic rings. The van der Waals surface area contributed by atoms with Gasteiger partial charge in [-0.3, -0.25) is 4.79 Å². The topological polar surface area (TPSA) is 99.1 Å². The summed E-state index contributed by atoms with van der Waals surface area (Å²) in [5.74, 6) is -1.02. The number of ether oxygens (including phenoxy) is 3. The zero-order valence-electron chi connectivity index (χ0n) is 14.7. The number of carbonyl (C=O) groups excluding carboxylic acids is 3. The van der Waals surface area contributed by atoms with Crippen LogP contribution in [0.2, 0.25) is 0 Å². The number of hydrogen-bond acceptors (Lipinski definition) is 7. The molecule has 140 valence electrons. The molecule has 25 heavy (non-hydrogen) atoms. The van der Waals surface area contributed by atoms with Gasteiger partial charge in [0.15, 0.2) is 18.0 Å². The molecular formula is C18H26O7. The Labute approximate surface area is 147 Å². The van der Waals surface area contributed by atoms with E-state index in [-0.39, 0.29) is 24.9 Å². The van der Waals surface area contributed by atoms with Crippen LogP contribution in [-0.2, 0) is 28.6 Å². The van der Waals surface area contributed by atoms with Crippen molar-refractivity contribution in [2.24, 2.45) is 17.8 Å². The van der Waals surface area contributed by atoms with Crippen LogP contribution in [0.15, 0.2) is 0 Å². The molecule has 0 radical (unpaired) electrons. The molecule has 2 unspecified atom stereocenters. The molecule has 0 saturated heterocycles. The molecule has 0 aliphatic heterocycles. The fourth-order valence-electron chi connectivity index (χ4n) is 4.92. The summed E-state index contributed by atoms with van der Waals surface area (Å²) in [6.45, 7) is 3.39. The Morgan fingerprint density at radius 2 is 1.64 bits per heavy atom. The smallest absolute Gasteiger partial charge is 0.338 e. The molecule has 7 heteroatoms. The van der Waals surface area contributed by atoms with E-state index in [9.17, 15) is 19.5 Å². The zero-order chi connectivity index (χ0) is 18.2. The van der Waals surface area contributed by atoms with Gasteiger partial charge in [0.2, 0.25) is 0 Å². The fourth-order valence-corrected chi connectivity index (χ4v) is 4.92. The van der Waals surface area contributed by atoms with Crippen LogP contribution >= 0.6 is 0 Å². The van der Waals surface area contributed by atoms with Crippen molar-refractivity contribution in [1.82, 2.24) is 0 Å². The van der Waals surface area contributed by atoms with E-state index in [1.54, 1.807) is 13.8 Å². The number of rotatable bonds is 7. The Balaban J connectivity index is 1.83. The second-order valence-corrected chi connectivity index (χ2v) is 7.39. The van der Waals surface area contributed by atoms with Gasteiger partial charge < -0.3 is 19.3 Å². The highest BCUT2D eigenvalue weighted by molar-refractivity contribution is 5.92. The van der Waals surface area contributed by atoms with Crippen LogP contribution < -0.4 is 0 Å². The first-order valence-corrected chi connectivity index (χ1v) is 9.13. The van der Waals surface area contributed by atoms with Crippen LogP contribution in [0.25, 0.3) is 0 Å². The lowest BCUT2D eigenvalue weighted by atomic mass is 9.53. The highest BCUT2D eigenvalue weighted by Crippen LogP contribution is 2.55. The summed E-state index contributed by atoms with van der Waals surface area (Å²) >= 11 is 0. The van der Waals surface area contributed by atoms with Crippen molar-refractivity contribution < 1.29 is 33.7 Å². The van der Waals surface area contributed by atoms with E-state index in [4.69, 9.17) is 14.2 Å². The SMILES string of the molecule is CCOC(=O)[C@H](O)[C@@H](OC12CC3CC(CC(C3)C1=O)C2)C(=O)OCC. The number of hydrogen-bond donors (Lipinski definition) is 1. The van der Waals surface area contributed by atoms with Crippen molar-refractivity contribution in [3.05, 3.63) is 0 Å². The molecule has 4 saturated carbocycles. The summed E-state index contributed by atoms with van der Waals surface area (Å²) < 4.78 is 15.7. The van der Waals surface area contributed by atoms with Crippen LogP contribution in [0.3, 0.4) is 0 Å². The molecule has 1 N–H and O–H groups in total. The van der Waals surface area contributed by atoms with Crippen LogP contribution in [0, 0.1) is 17.8 Å². The summed E-state index contributed by atoms with van der Waals surface area (Å²) in [5.41, 5.74) is -1.08. The summed E-state index contributed by atoms with van der Waals surface area (Å²) in [6, 6.07) is 0. The molecule has 4 atom stereocenters. The minimum absolute atomic E-state index is 0.00468. The van der Waals surface area contributed by atoms with Crippen LogP contribution in [-0.4, -0.2) is 53.9 Å². The van der Waals surface area contributed by atoms with Gasteiger partial charge >= 0.3 is 11.9 Å². The normalized spacial score (nSPS) is 35.3. The maximum atomic E-state index is 12.9. The van der Waals surface area contributed by atoms with Gasteiger partial charge in [0.05, 0.1) is 13.2 Å². The molecule has 0 aromatic carbocycles. The second-order valence-electron chi connectivity index (χ2n) is 7.39.